The summed E-state index contributed by atoms with van der Waals surface area (Å²) in [7, 11) is 1.54. The minimum absolute atomic E-state index is 0.00360. The van der Waals surface area contributed by atoms with Gasteiger partial charge in [-0.15, -0.1) is 0 Å². The molecule has 9 heteroatoms. The Labute approximate surface area is 145 Å². The minimum atomic E-state index is -0.811. The minimum Gasteiger partial charge on any atom is -0.389 e. The van der Waals surface area contributed by atoms with E-state index in [0.717, 1.165) is 6.42 Å². The standard InChI is InChI=1S/C16H27N5O4/c1-6-10(4)17-15-18-13-12(14(23)19-16(24)20(13)5)21(15)7-11(22)8-25-9(2)3/h9-11,22H,6-8H2,1-5H3,(H,17,18)(H,19,23,24)/t10-,11+/m0/s1. The molecule has 3 N–H and O–H groups in total. The van der Waals surface area contributed by atoms with Crippen LogP contribution in [0.15, 0.2) is 9.59 Å². The molecule has 0 spiro atoms. The summed E-state index contributed by atoms with van der Waals surface area (Å²) in [5, 5.41) is 13.5. The number of fused-ring (bicyclic) bond motifs is 1. The van der Waals surface area contributed by atoms with Crippen LogP contribution in [-0.2, 0) is 18.3 Å². The van der Waals surface area contributed by atoms with E-state index in [4.69, 9.17) is 4.74 Å². The highest BCUT2D eigenvalue weighted by Gasteiger charge is 2.20. The predicted octanol–water partition coefficient (Wildman–Crippen LogP) is 0.420. The van der Waals surface area contributed by atoms with Gasteiger partial charge in [-0.25, -0.2) is 4.79 Å². The van der Waals surface area contributed by atoms with Crippen molar-refractivity contribution < 1.29 is 9.84 Å². The van der Waals surface area contributed by atoms with Crippen LogP contribution in [0.25, 0.3) is 11.2 Å². The number of rotatable bonds is 8. The van der Waals surface area contributed by atoms with Gasteiger partial charge in [0.2, 0.25) is 5.95 Å². The van der Waals surface area contributed by atoms with E-state index in [1.165, 1.54) is 4.57 Å². The molecular formula is C16H27N5O4. The molecule has 0 aliphatic carbocycles. The first-order valence-electron chi connectivity index (χ1n) is 8.50. The molecule has 0 saturated heterocycles. The topological polar surface area (TPSA) is 114 Å². The number of nitrogens with one attached hydrogen (secondary N) is 2. The van der Waals surface area contributed by atoms with Gasteiger partial charge >= 0.3 is 5.69 Å². The Kier molecular flexibility index (Phi) is 6.02. The maximum atomic E-state index is 12.3. The van der Waals surface area contributed by atoms with Crippen molar-refractivity contribution in [3.63, 3.8) is 0 Å². The molecular weight excluding hydrogens is 326 g/mol. The first-order valence-corrected chi connectivity index (χ1v) is 8.50. The third-order valence-electron chi connectivity index (χ3n) is 4.01. The number of hydrogen-bond acceptors (Lipinski definition) is 6. The van der Waals surface area contributed by atoms with Crippen molar-refractivity contribution in [2.75, 3.05) is 11.9 Å². The molecule has 0 aliphatic heterocycles. The number of aromatic nitrogens is 4. The zero-order valence-electron chi connectivity index (χ0n) is 15.4. The summed E-state index contributed by atoms with van der Waals surface area (Å²) in [6.45, 7) is 8.06. The van der Waals surface area contributed by atoms with Crippen molar-refractivity contribution in [2.45, 2.75) is 58.9 Å². The number of anilines is 1. The fourth-order valence-corrected chi connectivity index (χ4v) is 2.41. The lowest BCUT2D eigenvalue weighted by molar-refractivity contribution is -0.000114. The molecule has 2 heterocycles. The number of aliphatic hydroxyl groups is 1. The third-order valence-corrected chi connectivity index (χ3v) is 4.01. The Hall–Kier alpha value is -2.13. The number of H-pyrrole nitrogens is 1. The SMILES string of the molecule is CC[C@H](C)Nc1nc2c(c(=O)[nH]c(=O)n2C)n1C[C@@H](O)COC(C)C. The van der Waals surface area contributed by atoms with Crippen LogP contribution in [0.3, 0.4) is 0 Å². The highest BCUT2D eigenvalue weighted by atomic mass is 16.5. The molecule has 0 unspecified atom stereocenters. The number of nitrogens with zero attached hydrogens (tertiary/aromatic N) is 3. The molecule has 0 fully saturated rings. The monoisotopic (exact) mass is 353 g/mol. The van der Waals surface area contributed by atoms with Gasteiger partial charge in [-0.3, -0.25) is 14.3 Å². The van der Waals surface area contributed by atoms with E-state index in [-0.39, 0.29) is 36.5 Å². The van der Waals surface area contributed by atoms with E-state index in [1.807, 2.05) is 27.7 Å². The molecule has 2 aromatic heterocycles. The van der Waals surface area contributed by atoms with E-state index in [0.29, 0.717) is 5.95 Å². The molecule has 2 atom stereocenters. The fraction of sp³-hybridized carbons (Fsp3) is 0.688. The van der Waals surface area contributed by atoms with E-state index >= 15 is 0 Å². The number of imidazole rings is 1. The van der Waals surface area contributed by atoms with Crippen LogP contribution < -0.4 is 16.6 Å². The molecule has 0 bridgehead atoms. The molecule has 2 rings (SSSR count). The number of aromatic amines is 1. The first-order chi connectivity index (χ1) is 11.7. The summed E-state index contributed by atoms with van der Waals surface area (Å²) < 4.78 is 8.32. The average Bonchev–Trinajstić information content (AvgIpc) is 2.89. The van der Waals surface area contributed by atoms with Gasteiger partial charge in [0, 0.05) is 13.1 Å². The van der Waals surface area contributed by atoms with Gasteiger partial charge in [0.15, 0.2) is 11.2 Å². The molecule has 0 radical (unpaired) electrons. The lowest BCUT2D eigenvalue weighted by atomic mass is 10.3. The van der Waals surface area contributed by atoms with Gasteiger partial charge in [0.25, 0.3) is 5.56 Å². The van der Waals surface area contributed by atoms with Crippen LogP contribution in [0, 0.1) is 0 Å². The lowest BCUT2D eigenvalue weighted by Crippen LogP contribution is -2.31. The Balaban J connectivity index is 2.50. The third kappa shape index (κ3) is 4.29. The number of aliphatic hydroxyl groups excluding tert-OH is 1. The summed E-state index contributed by atoms with van der Waals surface area (Å²) in [5.41, 5.74) is -0.534. The van der Waals surface area contributed by atoms with Crippen molar-refractivity contribution in [1.29, 1.82) is 0 Å². The number of aryl methyl sites for hydroxylation is 1. The summed E-state index contributed by atoms with van der Waals surface area (Å²) in [6.07, 6.45) is 0.0439. The van der Waals surface area contributed by atoms with Crippen LogP contribution >= 0.6 is 0 Å². The van der Waals surface area contributed by atoms with E-state index in [9.17, 15) is 14.7 Å². The molecule has 0 amide bonds. The van der Waals surface area contributed by atoms with E-state index in [2.05, 4.69) is 15.3 Å². The number of hydrogen-bond donors (Lipinski definition) is 3. The maximum absolute atomic E-state index is 12.3. The average molecular weight is 353 g/mol. The van der Waals surface area contributed by atoms with Gasteiger partial charge in [0.05, 0.1) is 25.4 Å². The molecule has 0 saturated carbocycles. The summed E-state index contributed by atoms with van der Waals surface area (Å²) in [4.78, 5) is 30.8. The van der Waals surface area contributed by atoms with Crippen LogP contribution in [0.2, 0.25) is 0 Å². The van der Waals surface area contributed by atoms with Crippen LogP contribution in [0.1, 0.15) is 34.1 Å². The second kappa shape index (κ2) is 7.83. The highest BCUT2D eigenvalue weighted by molar-refractivity contribution is 5.74. The van der Waals surface area contributed by atoms with Gasteiger partial charge in [-0.05, 0) is 27.2 Å². The smallest absolute Gasteiger partial charge is 0.329 e. The Morgan fingerprint density at radius 2 is 2.00 bits per heavy atom. The van der Waals surface area contributed by atoms with Crippen molar-refractivity contribution in [3.05, 3.63) is 20.8 Å². The Morgan fingerprint density at radius 3 is 2.60 bits per heavy atom. The summed E-state index contributed by atoms with van der Waals surface area (Å²) >= 11 is 0. The molecule has 140 valence electrons. The van der Waals surface area contributed by atoms with Crippen LogP contribution in [0.4, 0.5) is 5.95 Å². The lowest BCUT2D eigenvalue weighted by Gasteiger charge is -2.18. The quantitative estimate of drug-likeness (QED) is 0.634. The van der Waals surface area contributed by atoms with Crippen LogP contribution in [-0.4, -0.2) is 49.1 Å². The normalized spacial score (nSPS) is 14.2. The van der Waals surface area contributed by atoms with Gasteiger partial charge in [-0.1, -0.05) is 6.92 Å². The maximum Gasteiger partial charge on any atom is 0.329 e. The fourth-order valence-electron chi connectivity index (χ4n) is 2.41. The Bertz CT molecular complexity index is 835. The second-order valence-electron chi connectivity index (χ2n) is 6.53. The zero-order chi connectivity index (χ0) is 18.7. The van der Waals surface area contributed by atoms with Gasteiger partial charge < -0.3 is 19.7 Å². The number of ether oxygens (including phenoxy) is 1. The van der Waals surface area contributed by atoms with Gasteiger partial charge in [-0.2, -0.15) is 4.98 Å². The summed E-state index contributed by atoms with van der Waals surface area (Å²) in [6, 6.07) is 0.121. The molecule has 25 heavy (non-hydrogen) atoms. The first kappa shape index (κ1) is 19.2. The molecule has 0 aromatic carbocycles. The van der Waals surface area contributed by atoms with E-state index in [1.54, 1.807) is 11.6 Å². The molecule has 2 aromatic rings. The van der Waals surface area contributed by atoms with Crippen molar-refractivity contribution in [1.82, 2.24) is 19.1 Å². The predicted molar refractivity (Wildman–Crippen MR) is 96.1 cm³/mol. The highest BCUT2D eigenvalue weighted by Crippen LogP contribution is 2.17. The van der Waals surface area contributed by atoms with Crippen molar-refractivity contribution in [2.24, 2.45) is 7.05 Å². The van der Waals surface area contributed by atoms with Gasteiger partial charge in [0.1, 0.15) is 0 Å². The summed E-state index contributed by atoms with van der Waals surface area (Å²) in [5.74, 6) is 0.444. The van der Waals surface area contributed by atoms with Crippen molar-refractivity contribution >= 4 is 17.1 Å². The molecule has 9 nitrogen and oxygen atoms in total. The second-order valence-corrected chi connectivity index (χ2v) is 6.53. The zero-order valence-corrected chi connectivity index (χ0v) is 15.4. The largest absolute Gasteiger partial charge is 0.389 e. The van der Waals surface area contributed by atoms with Crippen LogP contribution in [0.5, 0.6) is 0 Å². The molecule has 0 aliphatic rings. The van der Waals surface area contributed by atoms with E-state index < -0.39 is 17.4 Å². The van der Waals surface area contributed by atoms with Crippen molar-refractivity contribution in [3.8, 4) is 0 Å². The Morgan fingerprint density at radius 1 is 1.32 bits per heavy atom.